The van der Waals surface area contributed by atoms with Crippen LogP contribution in [0.25, 0.3) is 0 Å². The minimum Gasteiger partial charge on any atom is -0.481 e. The highest BCUT2D eigenvalue weighted by molar-refractivity contribution is 5.76. The summed E-state index contributed by atoms with van der Waals surface area (Å²) in [6.07, 6.45) is 1.55. The Labute approximate surface area is 83.2 Å². The second kappa shape index (κ2) is 6.01. The Morgan fingerprint density at radius 2 is 2.07 bits per heavy atom. The van der Waals surface area contributed by atoms with Crippen molar-refractivity contribution in [3.05, 3.63) is 12.7 Å². The van der Waals surface area contributed by atoms with Gasteiger partial charge in [0, 0.05) is 12.6 Å². The van der Waals surface area contributed by atoms with Gasteiger partial charge in [-0.3, -0.25) is 4.79 Å². The molecule has 2 amide bonds. The fourth-order valence-corrected chi connectivity index (χ4v) is 0.762. The molecule has 0 bridgehead atoms. The van der Waals surface area contributed by atoms with Crippen molar-refractivity contribution in [2.75, 3.05) is 6.54 Å². The molecule has 0 aliphatic rings. The number of carboxylic acid groups (broad SMARTS) is 1. The normalized spacial score (nSPS) is 13.9. The van der Waals surface area contributed by atoms with Gasteiger partial charge in [0.05, 0.1) is 5.92 Å². The number of carbonyl (C=O) groups is 2. The van der Waals surface area contributed by atoms with Crippen molar-refractivity contribution in [2.24, 2.45) is 5.92 Å². The maximum absolute atomic E-state index is 11.1. The second-order valence-electron chi connectivity index (χ2n) is 3.06. The molecule has 0 aliphatic carbocycles. The summed E-state index contributed by atoms with van der Waals surface area (Å²) in [5.41, 5.74) is 0. The minimum atomic E-state index is -0.929. The number of rotatable bonds is 5. The molecule has 3 N–H and O–H groups in total. The quantitative estimate of drug-likeness (QED) is 0.568. The highest BCUT2D eigenvalue weighted by Crippen LogP contribution is 2.01. The van der Waals surface area contributed by atoms with E-state index in [9.17, 15) is 9.59 Å². The highest BCUT2D eigenvalue weighted by atomic mass is 16.4. The number of nitrogens with one attached hydrogen (secondary N) is 2. The summed E-state index contributed by atoms with van der Waals surface area (Å²) in [6.45, 7) is 6.99. The minimum absolute atomic E-state index is 0.361. The standard InChI is InChI=1S/C9H16N2O3/c1-4-5-10-9(14)11-7(3)6(2)8(12)13/h4,6-7H,1,5H2,2-3H3,(H,12,13)(H2,10,11,14). The lowest BCUT2D eigenvalue weighted by Gasteiger charge is -2.17. The third-order valence-electron chi connectivity index (χ3n) is 1.91. The molecule has 0 aromatic carbocycles. The van der Waals surface area contributed by atoms with Crippen LogP contribution in [0, 0.1) is 5.92 Å². The molecule has 5 nitrogen and oxygen atoms in total. The molecule has 2 unspecified atom stereocenters. The van der Waals surface area contributed by atoms with Gasteiger partial charge in [-0.2, -0.15) is 0 Å². The van der Waals surface area contributed by atoms with Gasteiger partial charge in [0.2, 0.25) is 0 Å². The van der Waals surface area contributed by atoms with Crippen molar-refractivity contribution in [1.82, 2.24) is 10.6 Å². The Kier molecular flexibility index (Phi) is 5.36. The number of hydrogen-bond donors (Lipinski definition) is 3. The number of aliphatic carboxylic acids is 1. The second-order valence-corrected chi connectivity index (χ2v) is 3.06. The summed E-state index contributed by atoms with van der Waals surface area (Å²) in [5.74, 6) is -1.54. The first kappa shape index (κ1) is 12.5. The summed E-state index contributed by atoms with van der Waals surface area (Å²) in [5, 5.41) is 13.7. The van der Waals surface area contributed by atoms with E-state index in [1.165, 1.54) is 0 Å². The van der Waals surface area contributed by atoms with Gasteiger partial charge in [0.25, 0.3) is 0 Å². The van der Waals surface area contributed by atoms with Crippen LogP contribution in [0.3, 0.4) is 0 Å². The van der Waals surface area contributed by atoms with Crippen molar-refractivity contribution in [3.8, 4) is 0 Å². The molecule has 0 aliphatic heterocycles. The van der Waals surface area contributed by atoms with Gasteiger partial charge in [0.15, 0.2) is 0 Å². The van der Waals surface area contributed by atoms with E-state index in [4.69, 9.17) is 5.11 Å². The molecule has 0 saturated heterocycles. The summed E-state index contributed by atoms with van der Waals surface area (Å²) < 4.78 is 0. The lowest BCUT2D eigenvalue weighted by atomic mass is 10.0. The van der Waals surface area contributed by atoms with Gasteiger partial charge in [0.1, 0.15) is 0 Å². The first-order chi connectivity index (χ1) is 6.49. The molecule has 0 spiro atoms. The van der Waals surface area contributed by atoms with Gasteiger partial charge in [-0.1, -0.05) is 6.08 Å². The van der Waals surface area contributed by atoms with Crippen LogP contribution >= 0.6 is 0 Å². The molecule has 2 atom stereocenters. The van der Waals surface area contributed by atoms with E-state index in [-0.39, 0.29) is 6.03 Å². The van der Waals surface area contributed by atoms with Gasteiger partial charge in [-0.05, 0) is 13.8 Å². The van der Waals surface area contributed by atoms with E-state index in [1.54, 1.807) is 19.9 Å². The van der Waals surface area contributed by atoms with Crippen LogP contribution < -0.4 is 10.6 Å². The van der Waals surface area contributed by atoms with Gasteiger partial charge in [-0.25, -0.2) is 4.79 Å². The van der Waals surface area contributed by atoms with Crippen LogP contribution in [-0.2, 0) is 4.79 Å². The lowest BCUT2D eigenvalue weighted by Crippen LogP contribution is -2.45. The predicted molar refractivity (Wildman–Crippen MR) is 53.0 cm³/mol. The van der Waals surface area contributed by atoms with E-state index in [0.717, 1.165) is 0 Å². The van der Waals surface area contributed by atoms with E-state index in [0.29, 0.717) is 6.54 Å². The molecular formula is C9H16N2O3. The maximum Gasteiger partial charge on any atom is 0.315 e. The summed E-state index contributed by atoms with van der Waals surface area (Å²) in [6, 6.07) is -0.789. The number of hydrogen-bond acceptors (Lipinski definition) is 2. The first-order valence-electron chi connectivity index (χ1n) is 4.37. The zero-order valence-corrected chi connectivity index (χ0v) is 8.41. The smallest absolute Gasteiger partial charge is 0.315 e. The molecule has 5 heteroatoms. The largest absolute Gasteiger partial charge is 0.481 e. The van der Waals surface area contributed by atoms with Crippen LogP contribution in [0.2, 0.25) is 0 Å². The monoisotopic (exact) mass is 200 g/mol. The van der Waals surface area contributed by atoms with Crippen LogP contribution in [0.5, 0.6) is 0 Å². The van der Waals surface area contributed by atoms with Crippen LogP contribution in [0.15, 0.2) is 12.7 Å². The topological polar surface area (TPSA) is 78.4 Å². The fraction of sp³-hybridized carbons (Fsp3) is 0.556. The third kappa shape index (κ3) is 4.49. The molecule has 0 aromatic rings. The average molecular weight is 200 g/mol. The first-order valence-corrected chi connectivity index (χ1v) is 4.37. The molecule has 0 rings (SSSR count). The van der Waals surface area contributed by atoms with Crippen molar-refractivity contribution in [3.63, 3.8) is 0 Å². The van der Waals surface area contributed by atoms with Crippen LogP contribution in [0.4, 0.5) is 4.79 Å². The lowest BCUT2D eigenvalue weighted by molar-refractivity contribution is -0.141. The molecule has 0 aromatic heterocycles. The molecule has 0 radical (unpaired) electrons. The Balaban J connectivity index is 3.92. The predicted octanol–water partition coefficient (Wildman–Crippen LogP) is 0.581. The van der Waals surface area contributed by atoms with Crippen LogP contribution in [-0.4, -0.2) is 29.7 Å². The Morgan fingerprint density at radius 3 is 2.50 bits per heavy atom. The van der Waals surface area contributed by atoms with Crippen molar-refractivity contribution >= 4 is 12.0 Å². The van der Waals surface area contributed by atoms with E-state index < -0.39 is 17.9 Å². The van der Waals surface area contributed by atoms with Crippen molar-refractivity contribution in [2.45, 2.75) is 19.9 Å². The summed E-state index contributed by atoms with van der Waals surface area (Å²) >= 11 is 0. The Hall–Kier alpha value is -1.52. The summed E-state index contributed by atoms with van der Waals surface area (Å²) in [4.78, 5) is 21.6. The highest BCUT2D eigenvalue weighted by Gasteiger charge is 2.20. The van der Waals surface area contributed by atoms with E-state index >= 15 is 0 Å². The molecule has 80 valence electrons. The van der Waals surface area contributed by atoms with Crippen molar-refractivity contribution in [1.29, 1.82) is 0 Å². The number of carbonyl (C=O) groups excluding carboxylic acids is 1. The SMILES string of the molecule is C=CCNC(=O)NC(C)C(C)C(=O)O. The molecule has 0 saturated carbocycles. The molecule has 0 heterocycles. The summed E-state index contributed by atoms with van der Waals surface area (Å²) in [7, 11) is 0. The molecule has 14 heavy (non-hydrogen) atoms. The zero-order valence-electron chi connectivity index (χ0n) is 8.41. The number of amides is 2. The molecule has 0 fully saturated rings. The van der Waals surface area contributed by atoms with E-state index in [1.807, 2.05) is 0 Å². The maximum atomic E-state index is 11.1. The Morgan fingerprint density at radius 1 is 1.50 bits per heavy atom. The number of urea groups is 1. The van der Waals surface area contributed by atoms with Gasteiger partial charge >= 0.3 is 12.0 Å². The fourth-order valence-electron chi connectivity index (χ4n) is 0.762. The van der Waals surface area contributed by atoms with Gasteiger partial charge in [-0.15, -0.1) is 6.58 Å². The number of carboxylic acids is 1. The average Bonchev–Trinajstić information content (AvgIpc) is 2.13. The van der Waals surface area contributed by atoms with E-state index in [2.05, 4.69) is 17.2 Å². The van der Waals surface area contributed by atoms with Gasteiger partial charge < -0.3 is 15.7 Å². The van der Waals surface area contributed by atoms with Crippen molar-refractivity contribution < 1.29 is 14.7 Å². The third-order valence-corrected chi connectivity index (χ3v) is 1.91. The molecular weight excluding hydrogens is 184 g/mol. The Bertz CT molecular complexity index is 228. The zero-order chi connectivity index (χ0) is 11.1. The van der Waals surface area contributed by atoms with Crippen LogP contribution in [0.1, 0.15) is 13.8 Å².